The number of aliphatic hydroxyl groups is 1. The molecule has 2 heteroatoms. The van der Waals surface area contributed by atoms with Crippen LogP contribution in [-0.4, -0.2) is 29.2 Å². The van der Waals surface area contributed by atoms with Crippen molar-refractivity contribution in [2.45, 2.75) is 64.1 Å². The Hall–Kier alpha value is -0.860. The summed E-state index contributed by atoms with van der Waals surface area (Å²) in [5.74, 6) is 0. The van der Waals surface area contributed by atoms with Crippen molar-refractivity contribution in [2.75, 3.05) is 7.05 Å². The molecule has 1 aromatic carbocycles. The molecule has 19 heavy (non-hydrogen) atoms. The molecule has 1 N–H and O–H groups in total. The fourth-order valence-electron chi connectivity index (χ4n) is 3.18. The van der Waals surface area contributed by atoms with E-state index in [0.29, 0.717) is 6.04 Å². The van der Waals surface area contributed by atoms with E-state index in [1.807, 2.05) is 0 Å². The molecular formula is C17H27NO. The molecule has 1 saturated carbocycles. The molecule has 0 saturated heterocycles. The van der Waals surface area contributed by atoms with E-state index >= 15 is 0 Å². The Morgan fingerprint density at radius 3 is 2.63 bits per heavy atom. The fraction of sp³-hybridized carbons (Fsp3) is 0.647. The van der Waals surface area contributed by atoms with Crippen LogP contribution in [0.1, 0.15) is 49.7 Å². The van der Waals surface area contributed by atoms with Crippen molar-refractivity contribution in [3.8, 4) is 0 Å². The van der Waals surface area contributed by atoms with Gasteiger partial charge in [0.25, 0.3) is 0 Å². The van der Waals surface area contributed by atoms with Crippen LogP contribution < -0.4 is 0 Å². The molecule has 2 rings (SSSR count). The largest absolute Gasteiger partial charge is 0.391 e. The number of hydrogen-bond donors (Lipinski definition) is 1. The summed E-state index contributed by atoms with van der Waals surface area (Å²) in [7, 11) is 2.15. The summed E-state index contributed by atoms with van der Waals surface area (Å²) in [6.45, 7) is 3.07. The first-order chi connectivity index (χ1) is 9.16. The molecule has 106 valence electrons. The molecule has 2 nitrogen and oxygen atoms in total. The van der Waals surface area contributed by atoms with Gasteiger partial charge in [0.2, 0.25) is 0 Å². The van der Waals surface area contributed by atoms with Crippen molar-refractivity contribution in [1.29, 1.82) is 0 Å². The second kappa shape index (κ2) is 7.06. The third-order valence-electron chi connectivity index (χ3n) is 4.27. The fourth-order valence-corrected chi connectivity index (χ4v) is 3.18. The molecule has 0 aromatic heterocycles. The van der Waals surface area contributed by atoms with Crippen molar-refractivity contribution in [2.24, 2.45) is 0 Å². The van der Waals surface area contributed by atoms with E-state index < -0.39 is 0 Å². The second-order valence-corrected chi connectivity index (χ2v) is 6.03. The van der Waals surface area contributed by atoms with Gasteiger partial charge in [-0.15, -0.1) is 0 Å². The van der Waals surface area contributed by atoms with Crippen LogP contribution in [0.2, 0.25) is 0 Å². The summed E-state index contributed by atoms with van der Waals surface area (Å²) in [5.41, 5.74) is 2.65. The average Bonchev–Trinajstić information content (AvgIpc) is 2.34. The maximum atomic E-state index is 10.3. The van der Waals surface area contributed by atoms with E-state index in [1.165, 1.54) is 36.8 Å². The molecule has 2 unspecified atom stereocenters. The number of aryl methyl sites for hydroxylation is 1. The molecule has 0 bridgehead atoms. The molecule has 1 aromatic rings. The minimum Gasteiger partial charge on any atom is -0.391 e. The van der Waals surface area contributed by atoms with Crippen molar-refractivity contribution >= 4 is 0 Å². The number of nitrogens with zero attached hydrogens (tertiary/aromatic N) is 1. The van der Waals surface area contributed by atoms with Gasteiger partial charge < -0.3 is 5.11 Å². The molecule has 0 amide bonds. The molecule has 0 spiro atoms. The van der Waals surface area contributed by atoms with Gasteiger partial charge >= 0.3 is 0 Å². The normalized spacial score (nSPS) is 25.1. The summed E-state index contributed by atoms with van der Waals surface area (Å²) >= 11 is 0. The molecule has 0 aliphatic heterocycles. The number of likely N-dealkylation sites (N-methyl/N-ethyl adjacent to an activating group) is 1. The van der Waals surface area contributed by atoms with Crippen LogP contribution in [0.4, 0.5) is 0 Å². The van der Waals surface area contributed by atoms with Crippen LogP contribution in [0.3, 0.4) is 0 Å². The lowest BCUT2D eigenvalue weighted by molar-refractivity contribution is 0.0407. The van der Waals surface area contributed by atoms with E-state index in [9.17, 15) is 5.11 Å². The maximum absolute atomic E-state index is 10.3. The molecule has 0 radical (unpaired) electrons. The lowest BCUT2D eigenvalue weighted by Gasteiger charge is -2.33. The minimum absolute atomic E-state index is 0.157. The van der Waals surface area contributed by atoms with Gasteiger partial charge in [-0.2, -0.15) is 0 Å². The van der Waals surface area contributed by atoms with E-state index in [1.54, 1.807) is 0 Å². The van der Waals surface area contributed by atoms with Crippen LogP contribution >= 0.6 is 0 Å². The Balaban J connectivity index is 1.98. The Bertz CT molecular complexity index is 391. The van der Waals surface area contributed by atoms with Gasteiger partial charge in [0, 0.05) is 12.6 Å². The highest BCUT2D eigenvalue weighted by Gasteiger charge is 2.24. The average molecular weight is 261 g/mol. The van der Waals surface area contributed by atoms with E-state index in [-0.39, 0.29) is 6.10 Å². The molecule has 0 heterocycles. The number of benzene rings is 1. The zero-order chi connectivity index (χ0) is 13.7. The number of hydrogen-bond acceptors (Lipinski definition) is 2. The van der Waals surface area contributed by atoms with Gasteiger partial charge in [0.15, 0.2) is 0 Å². The summed E-state index contributed by atoms with van der Waals surface area (Å²) in [6.07, 6.45) is 6.96. The molecule has 2 atom stereocenters. The van der Waals surface area contributed by atoms with Gasteiger partial charge in [0.05, 0.1) is 6.10 Å². The predicted octanol–water partition coefficient (Wildman–Crippen LogP) is 3.51. The van der Waals surface area contributed by atoms with Gasteiger partial charge in [-0.1, -0.05) is 55.5 Å². The molecule has 1 aliphatic carbocycles. The standard InChI is InChI=1S/C17H27NO/c1-14-8-7-9-15(12-14)13-18(2)16-10-5-3-4-6-11-17(16)19/h7-9,12,16-17,19H,3-6,10-11,13H2,1-2H3. The van der Waals surface area contributed by atoms with Crippen LogP contribution in [-0.2, 0) is 6.54 Å². The number of aliphatic hydroxyl groups excluding tert-OH is 1. The summed E-state index contributed by atoms with van der Waals surface area (Å²) in [4.78, 5) is 2.34. The lowest BCUT2D eigenvalue weighted by Crippen LogP contribution is -2.41. The van der Waals surface area contributed by atoms with Gasteiger partial charge in [-0.3, -0.25) is 4.90 Å². The topological polar surface area (TPSA) is 23.5 Å². The Morgan fingerprint density at radius 1 is 1.16 bits per heavy atom. The van der Waals surface area contributed by atoms with Crippen LogP contribution in [0, 0.1) is 6.92 Å². The first kappa shape index (κ1) is 14.5. The smallest absolute Gasteiger partial charge is 0.0695 e. The maximum Gasteiger partial charge on any atom is 0.0695 e. The lowest BCUT2D eigenvalue weighted by atomic mass is 9.93. The summed E-state index contributed by atoms with van der Waals surface area (Å²) in [6, 6.07) is 8.99. The SMILES string of the molecule is Cc1cccc(CN(C)C2CCCCCCC2O)c1. The quantitative estimate of drug-likeness (QED) is 0.900. The molecule has 1 fully saturated rings. The monoisotopic (exact) mass is 261 g/mol. The Kier molecular flexibility index (Phi) is 5.41. The number of rotatable bonds is 3. The third-order valence-corrected chi connectivity index (χ3v) is 4.27. The van der Waals surface area contributed by atoms with Crippen molar-refractivity contribution in [3.63, 3.8) is 0 Å². The molecule has 1 aliphatic rings. The van der Waals surface area contributed by atoms with E-state index in [2.05, 4.69) is 43.1 Å². The summed E-state index contributed by atoms with van der Waals surface area (Å²) in [5, 5.41) is 10.3. The van der Waals surface area contributed by atoms with Crippen LogP contribution in [0.25, 0.3) is 0 Å². The van der Waals surface area contributed by atoms with Crippen LogP contribution in [0.15, 0.2) is 24.3 Å². The Morgan fingerprint density at radius 2 is 1.89 bits per heavy atom. The van der Waals surface area contributed by atoms with E-state index in [0.717, 1.165) is 19.4 Å². The van der Waals surface area contributed by atoms with Crippen molar-refractivity contribution in [1.82, 2.24) is 4.90 Å². The van der Waals surface area contributed by atoms with Gasteiger partial charge in [-0.25, -0.2) is 0 Å². The highest BCUT2D eigenvalue weighted by Crippen LogP contribution is 2.22. The third kappa shape index (κ3) is 4.32. The van der Waals surface area contributed by atoms with Gasteiger partial charge in [0.1, 0.15) is 0 Å². The predicted molar refractivity (Wildman–Crippen MR) is 80.1 cm³/mol. The Labute approximate surface area is 117 Å². The minimum atomic E-state index is -0.157. The zero-order valence-electron chi connectivity index (χ0n) is 12.3. The highest BCUT2D eigenvalue weighted by atomic mass is 16.3. The van der Waals surface area contributed by atoms with Crippen molar-refractivity contribution in [3.05, 3.63) is 35.4 Å². The summed E-state index contributed by atoms with van der Waals surface area (Å²) < 4.78 is 0. The molecular weight excluding hydrogens is 234 g/mol. The van der Waals surface area contributed by atoms with E-state index in [4.69, 9.17) is 0 Å². The van der Waals surface area contributed by atoms with Crippen LogP contribution in [0.5, 0.6) is 0 Å². The zero-order valence-corrected chi connectivity index (χ0v) is 12.3. The first-order valence-electron chi connectivity index (χ1n) is 7.60. The van der Waals surface area contributed by atoms with Crippen molar-refractivity contribution < 1.29 is 5.11 Å². The first-order valence-corrected chi connectivity index (χ1v) is 7.60. The van der Waals surface area contributed by atoms with Gasteiger partial charge in [-0.05, 0) is 32.4 Å². The second-order valence-electron chi connectivity index (χ2n) is 6.03. The highest BCUT2D eigenvalue weighted by molar-refractivity contribution is 5.22.